The molecule has 1 N–H and O–H groups in total. The van der Waals surface area contributed by atoms with Gasteiger partial charge < -0.3 is 19.5 Å². The number of carbonyl (C=O) groups is 3. The Morgan fingerprint density at radius 2 is 1.59 bits per heavy atom. The first kappa shape index (κ1) is 37.6. The number of hydrogen-bond donors (Lipinski definition) is 1. The van der Waals surface area contributed by atoms with Crippen LogP contribution in [-0.4, -0.2) is 55.2 Å². The quantitative estimate of drug-likeness (QED) is 0.0941. The molecule has 0 aromatic heterocycles. The van der Waals surface area contributed by atoms with Gasteiger partial charge >= 0.3 is 5.97 Å². The van der Waals surface area contributed by atoms with Gasteiger partial charge in [0.2, 0.25) is 0 Å². The minimum Gasteiger partial charge on any atom is -0.463 e. The van der Waals surface area contributed by atoms with Crippen molar-refractivity contribution in [1.82, 2.24) is 5.32 Å². The lowest BCUT2D eigenvalue weighted by Gasteiger charge is -2.29. The Labute approximate surface area is 251 Å². The molecule has 0 radical (unpaired) electrons. The summed E-state index contributed by atoms with van der Waals surface area (Å²) < 4.78 is 17.7. The number of esters is 1. The van der Waals surface area contributed by atoms with Gasteiger partial charge in [-0.25, -0.2) is 0 Å². The summed E-state index contributed by atoms with van der Waals surface area (Å²) in [7, 11) is 0. The minimum atomic E-state index is -0.939. The van der Waals surface area contributed by atoms with Crippen LogP contribution in [0.2, 0.25) is 0 Å². The summed E-state index contributed by atoms with van der Waals surface area (Å²) in [6.45, 7) is 20.0. The fourth-order valence-corrected chi connectivity index (χ4v) is 5.54. The first-order chi connectivity index (χ1) is 19.3. The second-order valence-electron chi connectivity index (χ2n) is 13.2. The minimum absolute atomic E-state index is 0.135. The molecule has 0 bridgehead atoms. The van der Waals surface area contributed by atoms with Gasteiger partial charge in [0, 0.05) is 13.0 Å². The van der Waals surface area contributed by atoms with Gasteiger partial charge in [0.15, 0.2) is 5.78 Å². The zero-order chi connectivity index (χ0) is 31.1. The van der Waals surface area contributed by atoms with Crippen molar-refractivity contribution in [3.05, 3.63) is 0 Å². The molecule has 1 saturated carbocycles. The van der Waals surface area contributed by atoms with Crippen molar-refractivity contribution < 1.29 is 28.6 Å². The molecule has 240 valence electrons. The summed E-state index contributed by atoms with van der Waals surface area (Å²) in [5, 5.41) is 2.88. The maximum absolute atomic E-state index is 13.0. The lowest BCUT2D eigenvalue weighted by atomic mass is 9.92. The predicted molar refractivity (Wildman–Crippen MR) is 166 cm³/mol. The highest BCUT2D eigenvalue weighted by Gasteiger charge is 2.58. The van der Waals surface area contributed by atoms with E-state index in [-0.39, 0.29) is 36.2 Å². The summed E-state index contributed by atoms with van der Waals surface area (Å²) in [6.07, 6.45) is 10.5. The lowest BCUT2D eigenvalue weighted by molar-refractivity contribution is -0.153. The highest BCUT2D eigenvalue weighted by molar-refractivity contribution is 5.87. The van der Waals surface area contributed by atoms with Crippen LogP contribution in [0.15, 0.2) is 0 Å². The van der Waals surface area contributed by atoms with E-state index in [1.54, 1.807) is 6.92 Å². The second kappa shape index (κ2) is 18.3. The van der Waals surface area contributed by atoms with Crippen LogP contribution in [0.3, 0.4) is 0 Å². The van der Waals surface area contributed by atoms with Gasteiger partial charge in [-0.05, 0) is 76.5 Å². The van der Waals surface area contributed by atoms with Crippen molar-refractivity contribution in [2.75, 3.05) is 26.4 Å². The Balaban J connectivity index is 2.34. The molecule has 1 rings (SSSR count). The number of Topliss-reactive ketones (excluding diaryl/α,β-unsaturated/α-hetero) is 1. The molecular formula is C34H63NO6. The molecule has 41 heavy (non-hydrogen) atoms. The number of amides is 1. The van der Waals surface area contributed by atoms with E-state index < -0.39 is 11.2 Å². The van der Waals surface area contributed by atoms with Crippen LogP contribution < -0.4 is 5.32 Å². The average Bonchev–Trinajstić information content (AvgIpc) is 3.60. The number of rotatable bonds is 24. The number of nitrogens with one attached hydrogen (secondary N) is 1. The zero-order valence-corrected chi connectivity index (χ0v) is 28.0. The number of ether oxygens (including phenoxy) is 3. The van der Waals surface area contributed by atoms with E-state index in [9.17, 15) is 14.4 Å². The van der Waals surface area contributed by atoms with E-state index in [2.05, 4.69) is 39.9 Å². The van der Waals surface area contributed by atoms with Gasteiger partial charge in [-0.1, -0.05) is 74.1 Å². The number of hydrogen-bond acceptors (Lipinski definition) is 6. The van der Waals surface area contributed by atoms with Gasteiger partial charge in [0.25, 0.3) is 5.91 Å². The fraction of sp³-hybridized carbons (Fsp3) is 0.912. The molecule has 1 fully saturated rings. The van der Waals surface area contributed by atoms with Crippen LogP contribution in [0.4, 0.5) is 0 Å². The van der Waals surface area contributed by atoms with Crippen molar-refractivity contribution in [1.29, 1.82) is 0 Å². The third-order valence-electron chi connectivity index (χ3n) is 9.32. The van der Waals surface area contributed by atoms with E-state index in [4.69, 9.17) is 14.2 Å². The maximum atomic E-state index is 13.0. The first-order valence-corrected chi connectivity index (χ1v) is 16.6. The van der Waals surface area contributed by atoms with Gasteiger partial charge in [-0.15, -0.1) is 0 Å². The van der Waals surface area contributed by atoms with Crippen LogP contribution >= 0.6 is 0 Å². The SMILES string of the molecule is CCCCC(CC)COC(C)(CC)C(=O)CCCCCOC(C)(CC)C(=O)NCCOC(=O)C1(CC(C)C)CC1C. The van der Waals surface area contributed by atoms with Crippen LogP contribution in [0, 0.1) is 23.2 Å². The molecule has 5 unspecified atom stereocenters. The number of unbranched alkanes of at least 4 members (excludes halogenated alkanes) is 3. The highest BCUT2D eigenvalue weighted by Crippen LogP contribution is 2.57. The van der Waals surface area contributed by atoms with Crippen molar-refractivity contribution in [2.24, 2.45) is 23.2 Å². The second-order valence-corrected chi connectivity index (χ2v) is 13.2. The Bertz CT molecular complexity index is 800. The number of carbonyl (C=O) groups excluding carboxylic acids is 3. The monoisotopic (exact) mass is 581 g/mol. The predicted octanol–water partition coefficient (Wildman–Crippen LogP) is 7.43. The van der Waals surface area contributed by atoms with Gasteiger partial charge in [0.1, 0.15) is 17.8 Å². The molecule has 7 heteroatoms. The summed E-state index contributed by atoms with van der Waals surface area (Å²) in [4.78, 5) is 38.5. The van der Waals surface area contributed by atoms with Crippen molar-refractivity contribution >= 4 is 17.7 Å². The van der Waals surface area contributed by atoms with Crippen molar-refractivity contribution in [3.8, 4) is 0 Å². The topological polar surface area (TPSA) is 90.9 Å². The summed E-state index contributed by atoms with van der Waals surface area (Å²) in [5.41, 5.74) is -1.99. The molecule has 1 aliphatic carbocycles. The Kier molecular flexibility index (Phi) is 16.7. The normalized spacial score (nSPS) is 22.0. The highest BCUT2D eigenvalue weighted by atomic mass is 16.5. The molecule has 0 aliphatic heterocycles. The molecular weight excluding hydrogens is 518 g/mol. The van der Waals surface area contributed by atoms with E-state index in [1.165, 1.54) is 12.8 Å². The molecule has 5 atom stereocenters. The third-order valence-corrected chi connectivity index (χ3v) is 9.32. The van der Waals surface area contributed by atoms with E-state index in [0.29, 0.717) is 50.2 Å². The van der Waals surface area contributed by atoms with Gasteiger partial charge in [-0.2, -0.15) is 0 Å². The molecule has 0 saturated heterocycles. The molecule has 0 aromatic carbocycles. The lowest BCUT2D eigenvalue weighted by Crippen LogP contribution is -2.47. The van der Waals surface area contributed by atoms with Crippen molar-refractivity contribution in [2.45, 2.75) is 151 Å². The number of ketones is 1. The molecule has 1 amide bonds. The largest absolute Gasteiger partial charge is 0.463 e. The van der Waals surface area contributed by atoms with Crippen LogP contribution in [0.25, 0.3) is 0 Å². The summed E-state index contributed by atoms with van der Waals surface area (Å²) in [5.74, 6) is 1.17. The van der Waals surface area contributed by atoms with Crippen molar-refractivity contribution in [3.63, 3.8) is 0 Å². The van der Waals surface area contributed by atoms with Crippen LogP contribution in [0.1, 0.15) is 139 Å². The summed E-state index contributed by atoms with van der Waals surface area (Å²) in [6, 6.07) is 0. The van der Waals surface area contributed by atoms with E-state index in [1.807, 2.05) is 20.8 Å². The van der Waals surface area contributed by atoms with Crippen LogP contribution in [-0.2, 0) is 28.6 Å². The zero-order valence-electron chi connectivity index (χ0n) is 28.0. The molecule has 0 spiro atoms. The maximum Gasteiger partial charge on any atom is 0.312 e. The smallest absolute Gasteiger partial charge is 0.312 e. The van der Waals surface area contributed by atoms with E-state index >= 15 is 0 Å². The fourth-order valence-electron chi connectivity index (χ4n) is 5.54. The Hall–Kier alpha value is -1.47. The Morgan fingerprint density at radius 3 is 2.12 bits per heavy atom. The molecule has 7 nitrogen and oxygen atoms in total. The molecule has 0 aromatic rings. The summed E-state index contributed by atoms with van der Waals surface area (Å²) >= 11 is 0. The van der Waals surface area contributed by atoms with E-state index in [0.717, 1.165) is 44.9 Å². The average molecular weight is 582 g/mol. The van der Waals surface area contributed by atoms with Gasteiger partial charge in [0.05, 0.1) is 18.6 Å². The van der Waals surface area contributed by atoms with Gasteiger partial charge in [-0.3, -0.25) is 14.4 Å². The molecule has 1 aliphatic rings. The third kappa shape index (κ3) is 12.0. The first-order valence-electron chi connectivity index (χ1n) is 16.6. The standard InChI is InChI=1S/C34H63NO6/c1-10-14-18-28(11-2)25-41-32(8,12-3)29(36)19-16-15-17-21-40-33(9,13-4)30(37)35-20-22-39-31(38)34(23-26(5)6)24-27(34)7/h26-28H,10-25H2,1-9H3,(H,35,37). The van der Waals surface area contributed by atoms with Crippen LogP contribution in [0.5, 0.6) is 0 Å². The molecule has 0 heterocycles. The Morgan fingerprint density at radius 1 is 0.927 bits per heavy atom.